The van der Waals surface area contributed by atoms with Gasteiger partial charge in [0.2, 0.25) is 0 Å². The lowest BCUT2D eigenvalue weighted by molar-refractivity contribution is 0.0303. The second kappa shape index (κ2) is 8.17. The molecule has 0 saturated carbocycles. The monoisotopic (exact) mass is 390 g/mol. The van der Waals surface area contributed by atoms with E-state index < -0.39 is 0 Å². The van der Waals surface area contributed by atoms with Crippen LogP contribution in [0.2, 0.25) is 0 Å². The highest BCUT2D eigenvalue weighted by Crippen LogP contribution is 2.31. The Morgan fingerprint density at radius 2 is 1.97 bits per heavy atom. The van der Waals surface area contributed by atoms with E-state index >= 15 is 0 Å². The molecular formula is C23H26N4O2. The van der Waals surface area contributed by atoms with E-state index in [2.05, 4.69) is 41.3 Å². The van der Waals surface area contributed by atoms with E-state index in [1.165, 1.54) is 5.56 Å². The third-order valence-corrected chi connectivity index (χ3v) is 5.22. The van der Waals surface area contributed by atoms with Crippen LogP contribution in [-0.2, 0) is 4.74 Å². The molecule has 0 unspecified atom stereocenters. The van der Waals surface area contributed by atoms with E-state index in [-0.39, 0.29) is 5.91 Å². The highest BCUT2D eigenvalue weighted by molar-refractivity contribution is 6.07. The van der Waals surface area contributed by atoms with Gasteiger partial charge in [-0.2, -0.15) is 0 Å². The fourth-order valence-electron chi connectivity index (χ4n) is 3.53. The first-order valence-corrected chi connectivity index (χ1v) is 10.0. The number of morpholine rings is 1. The standard InChI is InChI=1S/C23H26N4O2/c1-15(2)17-5-4-6-18(13-17)26-21-19-8-7-16(3)25-22(19)24-14-20(21)23(28)27-9-11-29-12-10-27/h4-8,13-15H,9-12H2,1-3H3,(H,24,25,26). The molecule has 1 aliphatic rings. The lowest BCUT2D eigenvalue weighted by atomic mass is 10.0. The first-order chi connectivity index (χ1) is 14.0. The summed E-state index contributed by atoms with van der Waals surface area (Å²) in [5, 5.41) is 4.33. The van der Waals surface area contributed by atoms with Crippen molar-refractivity contribution >= 4 is 28.3 Å². The summed E-state index contributed by atoms with van der Waals surface area (Å²) in [5.74, 6) is 0.385. The zero-order valence-electron chi connectivity index (χ0n) is 17.1. The number of rotatable bonds is 4. The average molecular weight is 390 g/mol. The van der Waals surface area contributed by atoms with Crippen molar-refractivity contribution in [2.75, 3.05) is 31.6 Å². The molecule has 29 heavy (non-hydrogen) atoms. The van der Waals surface area contributed by atoms with Crippen LogP contribution in [0, 0.1) is 6.92 Å². The maximum atomic E-state index is 13.3. The number of hydrogen-bond acceptors (Lipinski definition) is 5. The van der Waals surface area contributed by atoms with Gasteiger partial charge in [-0.05, 0) is 42.7 Å². The van der Waals surface area contributed by atoms with Crippen LogP contribution in [0.15, 0.2) is 42.6 Å². The molecule has 1 aromatic carbocycles. The summed E-state index contributed by atoms with van der Waals surface area (Å²) in [6.45, 7) is 8.57. The van der Waals surface area contributed by atoms with Crippen molar-refractivity contribution in [3.05, 3.63) is 59.4 Å². The minimum Gasteiger partial charge on any atom is -0.378 e. The number of carbonyl (C=O) groups is 1. The van der Waals surface area contributed by atoms with Crippen molar-refractivity contribution in [2.24, 2.45) is 0 Å². The number of aromatic nitrogens is 2. The Balaban J connectivity index is 1.80. The molecule has 0 aliphatic carbocycles. The van der Waals surface area contributed by atoms with Gasteiger partial charge >= 0.3 is 0 Å². The first-order valence-electron chi connectivity index (χ1n) is 10.0. The number of pyridine rings is 2. The summed E-state index contributed by atoms with van der Waals surface area (Å²) in [6, 6.07) is 12.2. The van der Waals surface area contributed by atoms with Gasteiger partial charge in [-0.15, -0.1) is 0 Å². The van der Waals surface area contributed by atoms with Crippen molar-refractivity contribution in [3.8, 4) is 0 Å². The number of aryl methyl sites for hydroxylation is 1. The van der Waals surface area contributed by atoms with Gasteiger partial charge in [-0.3, -0.25) is 4.79 Å². The molecule has 0 radical (unpaired) electrons. The quantitative estimate of drug-likeness (QED) is 0.720. The van der Waals surface area contributed by atoms with Gasteiger partial charge in [0.25, 0.3) is 5.91 Å². The predicted molar refractivity (Wildman–Crippen MR) is 115 cm³/mol. The molecule has 6 nitrogen and oxygen atoms in total. The number of benzene rings is 1. The van der Waals surface area contributed by atoms with Crippen LogP contribution in [0.3, 0.4) is 0 Å². The van der Waals surface area contributed by atoms with Crippen molar-refractivity contribution in [3.63, 3.8) is 0 Å². The van der Waals surface area contributed by atoms with E-state index in [1.54, 1.807) is 6.20 Å². The van der Waals surface area contributed by atoms with Gasteiger partial charge in [0.1, 0.15) is 0 Å². The minimum atomic E-state index is -0.0363. The van der Waals surface area contributed by atoms with Gasteiger partial charge in [-0.25, -0.2) is 9.97 Å². The van der Waals surface area contributed by atoms with Gasteiger partial charge in [0, 0.05) is 36.1 Å². The highest BCUT2D eigenvalue weighted by Gasteiger charge is 2.23. The number of fused-ring (bicyclic) bond motifs is 1. The number of nitrogens with zero attached hydrogens (tertiary/aromatic N) is 3. The molecule has 0 bridgehead atoms. The van der Waals surface area contributed by atoms with Crippen molar-refractivity contribution in [1.29, 1.82) is 0 Å². The molecule has 4 rings (SSSR count). The molecule has 3 heterocycles. The van der Waals surface area contributed by atoms with Gasteiger partial charge in [0.15, 0.2) is 5.65 Å². The summed E-state index contributed by atoms with van der Waals surface area (Å²) < 4.78 is 5.40. The zero-order valence-corrected chi connectivity index (χ0v) is 17.1. The van der Waals surface area contributed by atoms with E-state index in [1.807, 2.05) is 36.1 Å². The normalized spacial score (nSPS) is 14.4. The largest absolute Gasteiger partial charge is 0.378 e. The molecule has 1 N–H and O–H groups in total. The Bertz CT molecular complexity index is 1040. The molecule has 6 heteroatoms. The fraction of sp³-hybridized carbons (Fsp3) is 0.348. The van der Waals surface area contributed by atoms with Crippen molar-refractivity contribution in [1.82, 2.24) is 14.9 Å². The number of hydrogen-bond donors (Lipinski definition) is 1. The average Bonchev–Trinajstić information content (AvgIpc) is 2.74. The minimum absolute atomic E-state index is 0.0363. The number of nitrogens with one attached hydrogen (secondary N) is 1. The van der Waals surface area contributed by atoms with Crippen LogP contribution in [0.25, 0.3) is 11.0 Å². The molecule has 0 spiro atoms. The van der Waals surface area contributed by atoms with Gasteiger partial charge < -0.3 is 15.0 Å². The maximum Gasteiger partial charge on any atom is 0.257 e. The molecule has 1 amide bonds. The van der Waals surface area contributed by atoms with Crippen LogP contribution in [0.5, 0.6) is 0 Å². The fourth-order valence-corrected chi connectivity index (χ4v) is 3.53. The second-order valence-corrected chi connectivity index (χ2v) is 7.68. The summed E-state index contributed by atoms with van der Waals surface area (Å²) in [7, 11) is 0. The topological polar surface area (TPSA) is 67.4 Å². The number of carbonyl (C=O) groups excluding carboxylic acids is 1. The van der Waals surface area contributed by atoms with E-state index in [0.29, 0.717) is 43.4 Å². The Morgan fingerprint density at radius 3 is 2.72 bits per heavy atom. The lowest BCUT2D eigenvalue weighted by Gasteiger charge is -2.28. The Kier molecular flexibility index (Phi) is 5.45. The van der Waals surface area contributed by atoms with Crippen LogP contribution in [-0.4, -0.2) is 47.1 Å². The van der Waals surface area contributed by atoms with E-state index in [4.69, 9.17) is 4.74 Å². The SMILES string of the molecule is Cc1ccc2c(Nc3cccc(C(C)C)c3)c(C(=O)N3CCOCC3)cnc2n1. The molecule has 150 valence electrons. The molecular weight excluding hydrogens is 364 g/mol. The number of amides is 1. The molecule has 1 fully saturated rings. The molecule has 2 aromatic heterocycles. The number of ether oxygens (including phenoxy) is 1. The molecule has 1 saturated heterocycles. The third-order valence-electron chi connectivity index (χ3n) is 5.22. The number of anilines is 2. The molecule has 0 atom stereocenters. The van der Waals surface area contributed by atoms with Gasteiger partial charge in [-0.1, -0.05) is 26.0 Å². The maximum absolute atomic E-state index is 13.3. The summed E-state index contributed by atoms with van der Waals surface area (Å²) in [6.07, 6.45) is 1.64. The Hall–Kier alpha value is -2.99. The van der Waals surface area contributed by atoms with Crippen LogP contribution in [0.4, 0.5) is 11.4 Å². The first kappa shape index (κ1) is 19.3. The summed E-state index contributed by atoms with van der Waals surface area (Å²) in [5.41, 5.74) is 5.01. The lowest BCUT2D eigenvalue weighted by Crippen LogP contribution is -2.41. The van der Waals surface area contributed by atoms with E-state index in [0.717, 1.165) is 22.5 Å². The summed E-state index contributed by atoms with van der Waals surface area (Å²) >= 11 is 0. The Labute approximate surface area is 170 Å². The highest BCUT2D eigenvalue weighted by atomic mass is 16.5. The second-order valence-electron chi connectivity index (χ2n) is 7.68. The van der Waals surface area contributed by atoms with Crippen LogP contribution >= 0.6 is 0 Å². The zero-order chi connectivity index (χ0) is 20.4. The molecule has 3 aromatic rings. The molecule has 1 aliphatic heterocycles. The van der Waals surface area contributed by atoms with Crippen LogP contribution in [0.1, 0.15) is 41.4 Å². The third kappa shape index (κ3) is 4.07. The van der Waals surface area contributed by atoms with Crippen LogP contribution < -0.4 is 5.32 Å². The Morgan fingerprint density at radius 1 is 1.17 bits per heavy atom. The summed E-state index contributed by atoms with van der Waals surface area (Å²) in [4.78, 5) is 24.1. The van der Waals surface area contributed by atoms with E-state index in [9.17, 15) is 4.79 Å². The van der Waals surface area contributed by atoms with Crippen molar-refractivity contribution in [2.45, 2.75) is 26.7 Å². The van der Waals surface area contributed by atoms with Gasteiger partial charge in [0.05, 0.1) is 24.5 Å². The van der Waals surface area contributed by atoms with Crippen molar-refractivity contribution < 1.29 is 9.53 Å². The smallest absolute Gasteiger partial charge is 0.257 e. The predicted octanol–water partition coefficient (Wildman–Crippen LogP) is 4.28.